The number of nitrogens with two attached hydrogens (primary N) is 1. The molecule has 1 aromatic carbocycles. The van der Waals surface area contributed by atoms with Gasteiger partial charge in [-0.05, 0) is 6.07 Å². The number of primary amides is 1. The molecule has 2 fully saturated rings. The molecule has 13 heteroatoms. The van der Waals surface area contributed by atoms with E-state index >= 15 is 0 Å². The third kappa shape index (κ3) is 4.32. The van der Waals surface area contributed by atoms with Gasteiger partial charge in [0.25, 0.3) is 5.69 Å². The Balaban J connectivity index is 1.97. The third-order valence-electron chi connectivity index (χ3n) is 4.92. The molecule has 29 heavy (non-hydrogen) atoms. The van der Waals surface area contributed by atoms with E-state index in [0.717, 1.165) is 0 Å². The van der Waals surface area contributed by atoms with Gasteiger partial charge in [0, 0.05) is 32.0 Å². The van der Waals surface area contributed by atoms with Crippen LogP contribution in [-0.4, -0.2) is 45.5 Å². The van der Waals surface area contributed by atoms with Gasteiger partial charge in [0.15, 0.2) is 5.79 Å². The number of piperidine rings is 1. The number of ether oxygens (including phenoxy) is 2. The first-order valence-corrected chi connectivity index (χ1v) is 9.28. The molecule has 2 saturated heterocycles. The lowest BCUT2D eigenvalue weighted by Gasteiger charge is -2.38. The van der Waals surface area contributed by atoms with E-state index in [1.165, 1.54) is 0 Å². The first-order valence-electron chi connectivity index (χ1n) is 8.42. The number of hydrogen-bond acceptors (Lipinski definition) is 6. The lowest BCUT2D eigenvalue weighted by molar-refractivity contribution is -0.386. The van der Waals surface area contributed by atoms with Crippen LogP contribution in [0.2, 0.25) is 0 Å². The first kappa shape index (κ1) is 21.7. The Morgan fingerprint density at radius 3 is 2.48 bits per heavy atom. The van der Waals surface area contributed by atoms with Crippen molar-refractivity contribution in [1.29, 1.82) is 0 Å². The predicted molar refractivity (Wildman–Crippen MR) is 102 cm³/mol. The molecular weight excluding hydrogens is 435 g/mol. The molecule has 2 aliphatic rings. The monoisotopic (exact) mass is 451 g/mol. The minimum absolute atomic E-state index is 0.169. The van der Waals surface area contributed by atoms with Crippen LogP contribution in [0.1, 0.15) is 40.4 Å². The summed E-state index contributed by atoms with van der Waals surface area (Å²) in [5.74, 6) is -2.31. The van der Waals surface area contributed by atoms with E-state index in [0.29, 0.717) is 42.4 Å². The highest BCUT2D eigenvalue weighted by atomic mass is 32.1. The van der Waals surface area contributed by atoms with Gasteiger partial charge in [-0.25, -0.2) is 0 Å². The smallest absolute Gasteiger partial charge is 0.366 e. The molecule has 0 saturated carbocycles. The Labute approximate surface area is 173 Å². The van der Waals surface area contributed by atoms with Crippen molar-refractivity contribution in [2.75, 3.05) is 19.7 Å². The fourth-order valence-electron chi connectivity index (χ4n) is 3.49. The number of carbonyl (C=O) groups excluding carboxylic acids is 1. The summed E-state index contributed by atoms with van der Waals surface area (Å²) in [7, 11) is 0. The van der Waals surface area contributed by atoms with E-state index in [1.807, 2.05) is 4.90 Å². The summed E-state index contributed by atoms with van der Waals surface area (Å²) < 4.78 is 51.4. The van der Waals surface area contributed by atoms with Gasteiger partial charge in [-0.1, -0.05) is 12.2 Å². The van der Waals surface area contributed by atoms with E-state index in [4.69, 9.17) is 27.4 Å². The molecule has 1 aromatic rings. The third-order valence-corrected chi connectivity index (χ3v) is 5.46. The van der Waals surface area contributed by atoms with Gasteiger partial charge in [-0.3, -0.25) is 14.9 Å². The van der Waals surface area contributed by atoms with Gasteiger partial charge in [-0.15, -0.1) is 12.6 Å². The van der Waals surface area contributed by atoms with Crippen LogP contribution in [0.5, 0.6) is 0 Å². The van der Waals surface area contributed by atoms with Crippen LogP contribution in [0, 0.1) is 10.1 Å². The maximum atomic E-state index is 13.1. The number of nitro benzene ring substituents is 1. The minimum atomic E-state index is -4.89. The molecular formula is C16H16F3N3O5S2. The molecule has 0 aromatic heterocycles. The summed E-state index contributed by atoms with van der Waals surface area (Å²) in [6, 6.07) is 0.874. The second-order valence-electron chi connectivity index (χ2n) is 6.67. The predicted octanol–water partition coefficient (Wildman–Crippen LogP) is 2.81. The molecule has 0 bridgehead atoms. The molecule has 1 unspecified atom stereocenters. The molecule has 2 heterocycles. The van der Waals surface area contributed by atoms with Crippen LogP contribution in [0.25, 0.3) is 0 Å². The lowest BCUT2D eigenvalue weighted by atomic mass is 9.96. The van der Waals surface area contributed by atoms with Gasteiger partial charge >= 0.3 is 6.18 Å². The number of rotatable bonds is 3. The average Bonchev–Trinajstić information content (AvgIpc) is 3.03. The molecule has 1 atom stereocenters. The van der Waals surface area contributed by atoms with E-state index in [2.05, 4.69) is 12.6 Å². The zero-order valence-electron chi connectivity index (χ0n) is 14.8. The van der Waals surface area contributed by atoms with Gasteiger partial charge in [0.1, 0.15) is 10.4 Å². The van der Waals surface area contributed by atoms with Gasteiger partial charge < -0.3 is 20.1 Å². The van der Waals surface area contributed by atoms with Gasteiger partial charge in [0.2, 0.25) is 5.91 Å². The zero-order chi connectivity index (χ0) is 21.6. The van der Waals surface area contributed by atoms with Crippen molar-refractivity contribution in [2.24, 2.45) is 5.73 Å². The number of carbonyl (C=O) groups is 1. The highest BCUT2D eigenvalue weighted by Crippen LogP contribution is 2.45. The topological polar surface area (TPSA) is 108 Å². The van der Waals surface area contributed by atoms with Crippen molar-refractivity contribution < 1.29 is 32.4 Å². The summed E-state index contributed by atoms with van der Waals surface area (Å²) in [4.78, 5) is 24.1. The highest BCUT2D eigenvalue weighted by Gasteiger charge is 2.47. The number of thiol groups is 1. The number of nitro groups is 1. The van der Waals surface area contributed by atoms with E-state index in [9.17, 15) is 28.1 Å². The highest BCUT2D eigenvalue weighted by molar-refractivity contribution is 8.10. The summed E-state index contributed by atoms with van der Waals surface area (Å²) in [5, 5.41) is 11.5. The SMILES string of the molecule is NC(=O)c1cc(C(F)(F)F)cc([N+](=O)[O-])c1C1COC2(CCN(C(=S)S)CC2)O1. The minimum Gasteiger partial charge on any atom is -0.366 e. The van der Waals surface area contributed by atoms with Crippen LogP contribution in [0.4, 0.5) is 18.9 Å². The Morgan fingerprint density at radius 1 is 1.38 bits per heavy atom. The van der Waals surface area contributed by atoms with Crippen LogP contribution >= 0.6 is 24.8 Å². The standard InChI is InChI=1S/C16H16F3N3O5S2/c17-16(18,19)8-5-9(13(20)23)12(10(6-8)22(24)25)11-7-26-15(27-11)1-3-21(4-2-15)14(28)29/h5-6,11H,1-4,7H2,(H2,20,23)(H,28,29). The zero-order valence-corrected chi connectivity index (χ0v) is 16.5. The van der Waals surface area contributed by atoms with Crippen molar-refractivity contribution in [3.63, 3.8) is 0 Å². The Bertz CT molecular complexity index is 837. The van der Waals surface area contributed by atoms with E-state index in [-0.39, 0.29) is 12.2 Å². The molecule has 8 nitrogen and oxygen atoms in total. The molecule has 2 aliphatic heterocycles. The largest absolute Gasteiger partial charge is 0.416 e. The summed E-state index contributed by atoms with van der Waals surface area (Å²) in [5.41, 5.74) is 2.05. The molecule has 0 aliphatic carbocycles. The maximum Gasteiger partial charge on any atom is 0.416 e. The molecule has 3 rings (SSSR count). The van der Waals surface area contributed by atoms with E-state index < -0.39 is 45.7 Å². The fraction of sp³-hybridized carbons (Fsp3) is 0.500. The quantitative estimate of drug-likeness (QED) is 0.315. The number of thiocarbonyl (C=S) groups is 1. The number of halogens is 3. The molecule has 1 spiro atoms. The number of alkyl halides is 3. The van der Waals surface area contributed by atoms with Crippen molar-refractivity contribution >= 4 is 40.8 Å². The number of likely N-dealkylation sites (tertiary alicyclic amines) is 1. The first-order chi connectivity index (χ1) is 13.4. The van der Waals surface area contributed by atoms with Crippen LogP contribution < -0.4 is 5.73 Å². The molecule has 0 radical (unpaired) electrons. The molecule has 1 amide bonds. The number of nitrogens with zero attached hydrogens (tertiary/aromatic N) is 2. The lowest BCUT2D eigenvalue weighted by Crippen LogP contribution is -2.45. The molecule has 158 valence electrons. The van der Waals surface area contributed by atoms with Gasteiger partial charge in [-0.2, -0.15) is 13.2 Å². The number of amides is 1. The summed E-state index contributed by atoms with van der Waals surface area (Å²) >= 11 is 9.11. The van der Waals surface area contributed by atoms with Crippen molar-refractivity contribution in [3.05, 3.63) is 38.9 Å². The van der Waals surface area contributed by atoms with Gasteiger partial charge in [0.05, 0.1) is 28.2 Å². The van der Waals surface area contributed by atoms with E-state index in [1.54, 1.807) is 0 Å². The second-order valence-corrected chi connectivity index (χ2v) is 7.79. The van der Waals surface area contributed by atoms with Crippen molar-refractivity contribution in [2.45, 2.75) is 30.9 Å². The normalized spacial score (nSPS) is 21.4. The van der Waals surface area contributed by atoms with Crippen LogP contribution in [0.3, 0.4) is 0 Å². The summed E-state index contributed by atoms with van der Waals surface area (Å²) in [6.45, 7) is 0.761. The Hall–Kier alpha value is -1.96. The Kier molecular flexibility index (Phi) is 5.77. The molecule has 2 N–H and O–H groups in total. The Morgan fingerprint density at radius 2 is 2.00 bits per heavy atom. The maximum absolute atomic E-state index is 13.1. The fourth-order valence-corrected chi connectivity index (χ4v) is 3.88. The second kappa shape index (κ2) is 7.70. The van der Waals surface area contributed by atoms with Crippen molar-refractivity contribution in [3.8, 4) is 0 Å². The average molecular weight is 451 g/mol. The number of hydrogen-bond donors (Lipinski definition) is 2. The summed E-state index contributed by atoms with van der Waals surface area (Å²) in [6.07, 6.45) is -5.27. The van der Waals surface area contributed by atoms with Crippen LogP contribution in [0.15, 0.2) is 12.1 Å². The van der Waals surface area contributed by atoms with Crippen LogP contribution in [-0.2, 0) is 15.7 Å². The van der Waals surface area contributed by atoms with Crippen molar-refractivity contribution in [1.82, 2.24) is 4.90 Å². The number of benzene rings is 1.